The second-order valence-corrected chi connectivity index (χ2v) is 6.28. The van der Waals surface area contributed by atoms with Gasteiger partial charge in [0.2, 0.25) is 0 Å². The number of aliphatic hydroxyl groups is 1. The lowest BCUT2D eigenvalue weighted by molar-refractivity contribution is -0.0132. The molecule has 0 amide bonds. The lowest BCUT2D eigenvalue weighted by atomic mass is 9.65. The fourth-order valence-electron chi connectivity index (χ4n) is 3.62. The number of nitrogens with two attached hydrogens (primary N) is 1. The fraction of sp³-hybridized carbons (Fsp3) is 0.647. The minimum atomic E-state index is -0.565. The van der Waals surface area contributed by atoms with Crippen molar-refractivity contribution in [3.8, 4) is 11.5 Å². The first kappa shape index (κ1) is 16.1. The van der Waals surface area contributed by atoms with Crippen molar-refractivity contribution >= 4 is 0 Å². The summed E-state index contributed by atoms with van der Waals surface area (Å²) in [4.78, 5) is 0. The smallest absolute Gasteiger partial charge is 0.161 e. The van der Waals surface area contributed by atoms with E-state index in [-0.39, 0.29) is 5.41 Å². The molecule has 0 spiro atoms. The lowest BCUT2D eigenvalue weighted by Crippen LogP contribution is -2.40. The molecule has 4 heteroatoms. The Balaban J connectivity index is 2.31. The Kier molecular flexibility index (Phi) is 5.12. The molecule has 0 bridgehead atoms. The summed E-state index contributed by atoms with van der Waals surface area (Å²) >= 11 is 0. The summed E-state index contributed by atoms with van der Waals surface area (Å²) in [5.41, 5.74) is 6.68. The number of hydrogen-bond donors (Lipinski definition) is 2. The van der Waals surface area contributed by atoms with Gasteiger partial charge in [-0.2, -0.15) is 0 Å². The van der Waals surface area contributed by atoms with Crippen molar-refractivity contribution in [1.82, 2.24) is 0 Å². The number of hydrogen-bond acceptors (Lipinski definition) is 4. The van der Waals surface area contributed by atoms with Crippen molar-refractivity contribution in [2.24, 2.45) is 17.1 Å². The first-order valence-electron chi connectivity index (χ1n) is 7.66. The van der Waals surface area contributed by atoms with Crippen LogP contribution < -0.4 is 15.2 Å². The van der Waals surface area contributed by atoms with Crippen LogP contribution in [-0.4, -0.2) is 25.9 Å². The van der Waals surface area contributed by atoms with E-state index in [1.54, 1.807) is 14.2 Å². The molecule has 0 aromatic heterocycles. The third-order valence-corrected chi connectivity index (χ3v) is 4.84. The van der Waals surface area contributed by atoms with Crippen LogP contribution in [0, 0.1) is 11.3 Å². The van der Waals surface area contributed by atoms with E-state index in [0.717, 1.165) is 24.8 Å². The Morgan fingerprint density at radius 2 is 2.05 bits per heavy atom. The third kappa shape index (κ3) is 3.16. The molecule has 0 aliphatic heterocycles. The van der Waals surface area contributed by atoms with Gasteiger partial charge in [0.25, 0.3) is 0 Å². The average Bonchev–Trinajstić information content (AvgIpc) is 2.53. The summed E-state index contributed by atoms with van der Waals surface area (Å²) in [5.74, 6) is 1.93. The highest BCUT2D eigenvalue weighted by molar-refractivity contribution is 5.43. The topological polar surface area (TPSA) is 64.7 Å². The van der Waals surface area contributed by atoms with Gasteiger partial charge in [0.05, 0.1) is 20.3 Å². The Morgan fingerprint density at radius 1 is 1.33 bits per heavy atom. The number of benzene rings is 1. The molecule has 0 saturated heterocycles. The van der Waals surface area contributed by atoms with Crippen molar-refractivity contribution in [1.29, 1.82) is 0 Å². The summed E-state index contributed by atoms with van der Waals surface area (Å²) in [6.45, 7) is 2.75. The maximum Gasteiger partial charge on any atom is 0.161 e. The van der Waals surface area contributed by atoms with Gasteiger partial charge in [-0.3, -0.25) is 0 Å². The molecule has 3 N–H and O–H groups in total. The average molecular weight is 293 g/mol. The standard InChI is InChI=1S/C17H27NO3/c1-12-5-4-8-17(10-12,11-18)16(19)13-6-7-14(20-2)15(9-13)21-3/h6-7,9,12,16,19H,4-5,8,10-11,18H2,1-3H3. The van der Waals surface area contributed by atoms with Crippen LogP contribution in [0.2, 0.25) is 0 Å². The van der Waals surface area contributed by atoms with E-state index in [4.69, 9.17) is 15.2 Å². The number of rotatable bonds is 5. The normalized spacial score (nSPS) is 27.2. The number of aliphatic hydroxyl groups excluding tert-OH is 1. The van der Waals surface area contributed by atoms with Gasteiger partial charge in [0.15, 0.2) is 11.5 Å². The van der Waals surface area contributed by atoms with E-state index in [0.29, 0.717) is 24.0 Å². The highest BCUT2D eigenvalue weighted by Crippen LogP contribution is 2.48. The predicted molar refractivity (Wildman–Crippen MR) is 83.6 cm³/mol. The minimum absolute atomic E-state index is 0.225. The van der Waals surface area contributed by atoms with Crippen molar-refractivity contribution in [3.05, 3.63) is 23.8 Å². The van der Waals surface area contributed by atoms with Crippen molar-refractivity contribution < 1.29 is 14.6 Å². The maximum atomic E-state index is 10.9. The minimum Gasteiger partial charge on any atom is -0.493 e. The van der Waals surface area contributed by atoms with Crippen LogP contribution in [0.5, 0.6) is 11.5 Å². The summed E-state index contributed by atoms with van der Waals surface area (Å²) in [6.07, 6.45) is 3.73. The molecule has 118 valence electrons. The Bertz CT molecular complexity index is 477. The van der Waals surface area contributed by atoms with Gasteiger partial charge >= 0.3 is 0 Å². The molecule has 1 aromatic carbocycles. The lowest BCUT2D eigenvalue weighted by Gasteiger charge is -2.43. The number of methoxy groups -OCH3 is 2. The molecule has 1 fully saturated rings. The van der Waals surface area contributed by atoms with Crippen LogP contribution >= 0.6 is 0 Å². The molecule has 21 heavy (non-hydrogen) atoms. The molecule has 0 heterocycles. The summed E-state index contributed by atoms with van der Waals surface area (Å²) in [7, 11) is 3.22. The molecule has 1 aliphatic carbocycles. The van der Waals surface area contributed by atoms with E-state index < -0.39 is 6.10 Å². The summed E-state index contributed by atoms with van der Waals surface area (Å²) < 4.78 is 10.6. The molecule has 2 rings (SSSR count). The third-order valence-electron chi connectivity index (χ3n) is 4.84. The van der Waals surface area contributed by atoms with Crippen LogP contribution in [0.15, 0.2) is 18.2 Å². The van der Waals surface area contributed by atoms with Gasteiger partial charge in [-0.15, -0.1) is 0 Å². The second-order valence-electron chi connectivity index (χ2n) is 6.28. The van der Waals surface area contributed by atoms with Gasteiger partial charge in [-0.25, -0.2) is 0 Å². The quantitative estimate of drug-likeness (QED) is 0.876. The molecule has 1 saturated carbocycles. The van der Waals surface area contributed by atoms with E-state index in [1.165, 1.54) is 6.42 Å². The molecule has 3 unspecified atom stereocenters. The Morgan fingerprint density at radius 3 is 2.62 bits per heavy atom. The SMILES string of the molecule is COc1ccc(C(O)C2(CN)CCCC(C)C2)cc1OC. The zero-order chi connectivity index (χ0) is 15.5. The van der Waals surface area contributed by atoms with Gasteiger partial charge in [-0.1, -0.05) is 25.8 Å². The van der Waals surface area contributed by atoms with Crippen molar-refractivity contribution in [2.75, 3.05) is 20.8 Å². The zero-order valence-electron chi connectivity index (χ0n) is 13.3. The molecular weight excluding hydrogens is 266 g/mol. The first-order valence-corrected chi connectivity index (χ1v) is 7.66. The van der Waals surface area contributed by atoms with E-state index >= 15 is 0 Å². The van der Waals surface area contributed by atoms with E-state index in [2.05, 4.69) is 6.92 Å². The van der Waals surface area contributed by atoms with Crippen LogP contribution in [0.25, 0.3) is 0 Å². The Labute approximate surface area is 127 Å². The predicted octanol–water partition coefficient (Wildman–Crippen LogP) is 2.89. The van der Waals surface area contributed by atoms with Gasteiger partial charge in [-0.05, 0) is 36.5 Å². The first-order chi connectivity index (χ1) is 10.1. The van der Waals surface area contributed by atoms with Crippen molar-refractivity contribution in [2.45, 2.75) is 38.7 Å². The van der Waals surface area contributed by atoms with E-state index in [9.17, 15) is 5.11 Å². The maximum absolute atomic E-state index is 10.9. The molecule has 3 atom stereocenters. The largest absolute Gasteiger partial charge is 0.493 e. The molecule has 0 radical (unpaired) electrons. The van der Waals surface area contributed by atoms with Crippen LogP contribution in [0.3, 0.4) is 0 Å². The summed E-state index contributed by atoms with van der Waals surface area (Å²) in [6, 6.07) is 5.61. The van der Waals surface area contributed by atoms with Gasteiger partial charge in [0.1, 0.15) is 0 Å². The van der Waals surface area contributed by atoms with E-state index in [1.807, 2.05) is 18.2 Å². The van der Waals surface area contributed by atoms with Gasteiger partial charge < -0.3 is 20.3 Å². The molecule has 1 aliphatic rings. The zero-order valence-corrected chi connectivity index (χ0v) is 13.3. The molecule has 4 nitrogen and oxygen atoms in total. The van der Waals surface area contributed by atoms with Gasteiger partial charge in [0, 0.05) is 12.0 Å². The second kappa shape index (κ2) is 6.67. The molecule has 1 aromatic rings. The highest BCUT2D eigenvalue weighted by Gasteiger charge is 2.41. The van der Waals surface area contributed by atoms with Crippen molar-refractivity contribution in [3.63, 3.8) is 0 Å². The van der Waals surface area contributed by atoms with Crippen LogP contribution in [0.1, 0.15) is 44.3 Å². The fourth-order valence-corrected chi connectivity index (χ4v) is 3.62. The number of ether oxygens (including phenoxy) is 2. The highest BCUT2D eigenvalue weighted by atomic mass is 16.5. The molecular formula is C17H27NO3. The Hall–Kier alpha value is -1.26. The summed E-state index contributed by atoms with van der Waals surface area (Å²) in [5, 5.41) is 10.9. The van der Waals surface area contributed by atoms with Crippen LogP contribution in [-0.2, 0) is 0 Å². The monoisotopic (exact) mass is 293 g/mol. The van der Waals surface area contributed by atoms with Crippen LogP contribution in [0.4, 0.5) is 0 Å².